The highest BCUT2D eigenvalue weighted by Crippen LogP contribution is 2.48. The minimum atomic E-state index is 0.772. The zero-order valence-electron chi connectivity index (χ0n) is 7.91. The lowest BCUT2D eigenvalue weighted by Crippen LogP contribution is -2.03. The molecule has 1 aromatic heterocycles. The average molecular weight is 243 g/mol. The van der Waals surface area contributed by atoms with Gasteiger partial charge in [-0.05, 0) is 24.8 Å². The summed E-state index contributed by atoms with van der Waals surface area (Å²) in [7, 11) is 0. The summed E-state index contributed by atoms with van der Waals surface area (Å²) in [6.45, 7) is 3.26. The SMILES string of the molecule is CCCn1nccc1C1CC1CBr. The molecule has 1 aliphatic carbocycles. The Kier molecular flexibility index (Phi) is 2.72. The zero-order valence-corrected chi connectivity index (χ0v) is 9.50. The highest BCUT2D eigenvalue weighted by molar-refractivity contribution is 9.09. The molecule has 0 radical (unpaired) electrons. The normalized spacial score (nSPS) is 26.3. The van der Waals surface area contributed by atoms with E-state index in [0.29, 0.717) is 0 Å². The maximum atomic E-state index is 4.34. The van der Waals surface area contributed by atoms with Gasteiger partial charge in [-0.1, -0.05) is 22.9 Å². The van der Waals surface area contributed by atoms with Gasteiger partial charge in [0.05, 0.1) is 0 Å². The van der Waals surface area contributed by atoms with E-state index in [1.54, 1.807) is 0 Å². The zero-order chi connectivity index (χ0) is 9.26. The van der Waals surface area contributed by atoms with Crippen molar-refractivity contribution >= 4 is 15.9 Å². The first-order chi connectivity index (χ1) is 6.36. The Bertz CT molecular complexity index is 282. The molecule has 2 unspecified atom stereocenters. The second-order valence-corrected chi connectivity index (χ2v) is 4.38. The average Bonchev–Trinajstić information content (AvgIpc) is 2.79. The van der Waals surface area contributed by atoms with Crippen LogP contribution >= 0.6 is 15.9 Å². The maximum Gasteiger partial charge on any atom is 0.0492 e. The quantitative estimate of drug-likeness (QED) is 0.743. The van der Waals surface area contributed by atoms with Crippen molar-refractivity contribution in [3.05, 3.63) is 18.0 Å². The lowest BCUT2D eigenvalue weighted by atomic mass is 10.2. The molecule has 0 aliphatic heterocycles. The molecule has 0 bridgehead atoms. The molecule has 2 nitrogen and oxygen atoms in total. The van der Waals surface area contributed by atoms with Gasteiger partial charge >= 0.3 is 0 Å². The van der Waals surface area contributed by atoms with E-state index in [1.165, 1.54) is 18.5 Å². The third-order valence-corrected chi connectivity index (χ3v) is 3.52. The summed E-state index contributed by atoms with van der Waals surface area (Å²) in [5, 5.41) is 5.47. The van der Waals surface area contributed by atoms with Gasteiger partial charge < -0.3 is 0 Å². The Morgan fingerprint density at radius 2 is 2.54 bits per heavy atom. The minimum Gasteiger partial charge on any atom is -0.269 e. The first-order valence-corrected chi connectivity index (χ1v) is 6.06. The second kappa shape index (κ2) is 3.82. The standard InChI is InChI=1S/C10H15BrN2/c1-2-5-13-10(3-4-12-13)9-6-8(9)7-11/h3-4,8-9H,2,5-7H2,1H3. The van der Waals surface area contributed by atoms with Crippen molar-refractivity contribution in [2.24, 2.45) is 5.92 Å². The third kappa shape index (κ3) is 1.80. The van der Waals surface area contributed by atoms with Crippen LogP contribution in [-0.4, -0.2) is 15.1 Å². The summed E-state index contributed by atoms with van der Waals surface area (Å²) in [5.41, 5.74) is 1.44. The molecule has 0 N–H and O–H groups in total. The summed E-state index contributed by atoms with van der Waals surface area (Å²) in [5.74, 6) is 1.63. The number of halogens is 1. The van der Waals surface area contributed by atoms with Crippen molar-refractivity contribution in [2.75, 3.05) is 5.33 Å². The molecular weight excluding hydrogens is 228 g/mol. The number of hydrogen-bond acceptors (Lipinski definition) is 1. The highest BCUT2D eigenvalue weighted by atomic mass is 79.9. The molecule has 1 heterocycles. The number of rotatable bonds is 4. The molecule has 1 fully saturated rings. The van der Waals surface area contributed by atoms with Crippen LogP contribution in [0.15, 0.2) is 12.3 Å². The summed E-state index contributed by atoms with van der Waals surface area (Å²) < 4.78 is 2.16. The van der Waals surface area contributed by atoms with Crippen LogP contribution in [0.5, 0.6) is 0 Å². The summed E-state index contributed by atoms with van der Waals surface area (Å²) in [6, 6.07) is 2.17. The van der Waals surface area contributed by atoms with Crippen LogP contribution in [0.3, 0.4) is 0 Å². The first kappa shape index (κ1) is 9.25. The predicted molar refractivity (Wildman–Crippen MR) is 57.2 cm³/mol. The van der Waals surface area contributed by atoms with Gasteiger partial charge in [0.25, 0.3) is 0 Å². The van der Waals surface area contributed by atoms with E-state index in [-0.39, 0.29) is 0 Å². The molecule has 1 aliphatic rings. The molecular formula is C10H15BrN2. The van der Waals surface area contributed by atoms with Crippen molar-refractivity contribution in [3.63, 3.8) is 0 Å². The summed E-state index contributed by atoms with van der Waals surface area (Å²) >= 11 is 3.54. The van der Waals surface area contributed by atoms with Crippen molar-refractivity contribution in [3.8, 4) is 0 Å². The Labute approximate surface area is 87.5 Å². The van der Waals surface area contributed by atoms with Gasteiger partial charge in [0.1, 0.15) is 0 Å². The molecule has 3 heteroatoms. The maximum absolute atomic E-state index is 4.34. The largest absolute Gasteiger partial charge is 0.269 e. The molecule has 0 saturated heterocycles. The van der Waals surface area contributed by atoms with E-state index in [0.717, 1.165) is 23.7 Å². The monoisotopic (exact) mass is 242 g/mol. The van der Waals surface area contributed by atoms with Gasteiger partial charge in [0, 0.05) is 29.7 Å². The Balaban J connectivity index is 2.07. The Morgan fingerprint density at radius 3 is 3.15 bits per heavy atom. The van der Waals surface area contributed by atoms with Crippen molar-refractivity contribution < 1.29 is 0 Å². The minimum absolute atomic E-state index is 0.772. The topological polar surface area (TPSA) is 17.8 Å². The van der Waals surface area contributed by atoms with Crippen LogP contribution in [0, 0.1) is 5.92 Å². The fourth-order valence-electron chi connectivity index (χ4n) is 1.84. The molecule has 0 amide bonds. The first-order valence-electron chi connectivity index (χ1n) is 4.94. The molecule has 0 aromatic carbocycles. The molecule has 13 heavy (non-hydrogen) atoms. The van der Waals surface area contributed by atoms with Gasteiger partial charge in [-0.25, -0.2) is 0 Å². The smallest absolute Gasteiger partial charge is 0.0492 e. The van der Waals surface area contributed by atoms with E-state index in [2.05, 4.69) is 38.7 Å². The molecule has 1 saturated carbocycles. The van der Waals surface area contributed by atoms with Crippen LogP contribution in [0.1, 0.15) is 31.4 Å². The summed E-state index contributed by atoms with van der Waals surface area (Å²) in [4.78, 5) is 0. The van der Waals surface area contributed by atoms with Gasteiger partial charge in [0.2, 0.25) is 0 Å². The van der Waals surface area contributed by atoms with Crippen molar-refractivity contribution in [1.82, 2.24) is 9.78 Å². The van der Waals surface area contributed by atoms with Crippen LogP contribution in [0.25, 0.3) is 0 Å². The molecule has 0 spiro atoms. The van der Waals surface area contributed by atoms with Gasteiger partial charge in [0.15, 0.2) is 0 Å². The molecule has 2 rings (SSSR count). The number of aromatic nitrogens is 2. The molecule has 2 atom stereocenters. The highest BCUT2D eigenvalue weighted by Gasteiger charge is 2.39. The second-order valence-electron chi connectivity index (χ2n) is 3.74. The van der Waals surface area contributed by atoms with Crippen LogP contribution < -0.4 is 0 Å². The lowest BCUT2D eigenvalue weighted by molar-refractivity contribution is 0.571. The van der Waals surface area contributed by atoms with Crippen molar-refractivity contribution in [1.29, 1.82) is 0 Å². The van der Waals surface area contributed by atoms with Gasteiger partial charge in [-0.3, -0.25) is 4.68 Å². The van der Waals surface area contributed by atoms with E-state index < -0.39 is 0 Å². The molecule has 72 valence electrons. The fraction of sp³-hybridized carbons (Fsp3) is 0.700. The molecule has 1 aromatic rings. The predicted octanol–water partition coefficient (Wildman–Crippen LogP) is 2.79. The van der Waals surface area contributed by atoms with Crippen LogP contribution in [0.2, 0.25) is 0 Å². The number of hydrogen-bond donors (Lipinski definition) is 0. The van der Waals surface area contributed by atoms with Gasteiger partial charge in [-0.2, -0.15) is 5.10 Å². The van der Waals surface area contributed by atoms with Gasteiger partial charge in [-0.15, -0.1) is 0 Å². The fourth-order valence-corrected chi connectivity index (χ4v) is 2.55. The van der Waals surface area contributed by atoms with Crippen molar-refractivity contribution in [2.45, 2.75) is 32.2 Å². The summed E-state index contributed by atoms with van der Waals surface area (Å²) in [6.07, 6.45) is 4.43. The third-order valence-electron chi connectivity index (χ3n) is 2.69. The Morgan fingerprint density at radius 1 is 1.69 bits per heavy atom. The lowest BCUT2D eigenvalue weighted by Gasteiger charge is -2.04. The van der Waals surface area contributed by atoms with Crippen LogP contribution in [0.4, 0.5) is 0 Å². The Hall–Kier alpha value is -0.310. The van der Waals surface area contributed by atoms with E-state index >= 15 is 0 Å². The van der Waals surface area contributed by atoms with E-state index in [4.69, 9.17) is 0 Å². The number of nitrogens with zero attached hydrogens (tertiary/aromatic N) is 2. The number of aryl methyl sites for hydroxylation is 1. The van der Waals surface area contributed by atoms with E-state index in [9.17, 15) is 0 Å². The number of alkyl halides is 1. The van der Waals surface area contributed by atoms with E-state index in [1.807, 2.05) is 6.20 Å². The van der Waals surface area contributed by atoms with Crippen LogP contribution in [-0.2, 0) is 6.54 Å².